The van der Waals surface area contributed by atoms with Gasteiger partial charge in [-0.1, -0.05) is 20.8 Å². The van der Waals surface area contributed by atoms with Crippen LogP contribution in [0.1, 0.15) is 45.2 Å². The van der Waals surface area contributed by atoms with Crippen molar-refractivity contribution in [3.8, 4) is 0 Å². The third kappa shape index (κ3) is 3.39. The van der Waals surface area contributed by atoms with Crippen molar-refractivity contribution in [3.05, 3.63) is 29.6 Å². The molecule has 0 spiro atoms. The Kier molecular flexibility index (Phi) is 4.82. The maximum Gasteiger partial charge on any atom is 0.0300 e. The Labute approximate surface area is 123 Å². The zero-order valence-electron chi connectivity index (χ0n) is 13.6. The molecule has 0 saturated carbocycles. The minimum Gasteiger partial charge on any atom is -0.309 e. The molecule has 1 aromatic heterocycles. The summed E-state index contributed by atoms with van der Waals surface area (Å²) in [5.41, 5.74) is 2.95. The molecular weight excluding hydrogens is 246 g/mol. The van der Waals surface area contributed by atoms with Crippen LogP contribution in [-0.2, 0) is 6.54 Å². The van der Waals surface area contributed by atoms with Gasteiger partial charge in [0, 0.05) is 43.6 Å². The first-order valence-electron chi connectivity index (χ1n) is 7.84. The van der Waals surface area contributed by atoms with Gasteiger partial charge in [-0.3, -0.25) is 9.88 Å². The summed E-state index contributed by atoms with van der Waals surface area (Å²) < 4.78 is 0. The van der Waals surface area contributed by atoms with E-state index in [1.54, 1.807) is 0 Å². The third-order valence-electron chi connectivity index (χ3n) is 4.82. The Hall–Kier alpha value is -0.930. The zero-order chi connectivity index (χ0) is 14.8. The highest BCUT2D eigenvalue weighted by atomic mass is 15.3. The van der Waals surface area contributed by atoms with Gasteiger partial charge >= 0.3 is 0 Å². The predicted octanol–water partition coefficient (Wildman–Crippen LogP) is 2.99. The molecule has 0 radical (unpaired) electrons. The quantitative estimate of drug-likeness (QED) is 0.915. The van der Waals surface area contributed by atoms with Crippen molar-refractivity contribution in [2.24, 2.45) is 5.92 Å². The van der Waals surface area contributed by atoms with Crippen molar-refractivity contribution < 1.29 is 0 Å². The highest BCUT2D eigenvalue weighted by molar-refractivity contribution is 5.21. The van der Waals surface area contributed by atoms with Crippen LogP contribution in [0.4, 0.5) is 0 Å². The Morgan fingerprint density at radius 1 is 1.50 bits per heavy atom. The van der Waals surface area contributed by atoms with E-state index in [0.717, 1.165) is 19.6 Å². The molecule has 20 heavy (non-hydrogen) atoms. The fourth-order valence-corrected chi connectivity index (χ4v) is 3.07. The van der Waals surface area contributed by atoms with Crippen molar-refractivity contribution in [2.45, 2.75) is 59.2 Å². The van der Waals surface area contributed by atoms with Crippen molar-refractivity contribution in [3.63, 3.8) is 0 Å². The molecule has 3 heteroatoms. The van der Waals surface area contributed by atoms with E-state index in [-0.39, 0.29) is 5.54 Å². The van der Waals surface area contributed by atoms with E-state index in [0.29, 0.717) is 12.0 Å². The Morgan fingerprint density at radius 2 is 2.25 bits per heavy atom. The molecule has 2 heterocycles. The molecule has 1 fully saturated rings. The second-order valence-electron chi connectivity index (χ2n) is 6.81. The van der Waals surface area contributed by atoms with Gasteiger partial charge in [-0.05, 0) is 43.4 Å². The first-order valence-corrected chi connectivity index (χ1v) is 7.84. The number of rotatable bonds is 4. The highest BCUT2D eigenvalue weighted by Gasteiger charge is 2.35. The topological polar surface area (TPSA) is 28.2 Å². The molecule has 1 aromatic rings. The summed E-state index contributed by atoms with van der Waals surface area (Å²) in [7, 11) is 0. The molecule has 0 bridgehead atoms. The fraction of sp³-hybridized carbons (Fsp3) is 0.706. The number of pyridine rings is 1. The normalized spacial score (nSPS) is 28.0. The average molecular weight is 275 g/mol. The SMILES string of the molecule is CCC1(C)CN(Cc2ccncc2C)C(C(C)C)CN1. The summed E-state index contributed by atoms with van der Waals surface area (Å²) in [5.74, 6) is 0.672. The van der Waals surface area contributed by atoms with Gasteiger partial charge in [0.05, 0.1) is 0 Å². The first-order chi connectivity index (χ1) is 9.45. The lowest BCUT2D eigenvalue weighted by atomic mass is 9.89. The minimum atomic E-state index is 0.242. The molecule has 2 atom stereocenters. The fourth-order valence-electron chi connectivity index (χ4n) is 3.07. The van der Waals surface area contributed by atoms with Crippen molar-refractivity contribution in [1.82, 2.24) is 15.2 Å². The smallest absolute Gasteiger partial charge is 0.0300 e. The van der Waals surface area contributed by atoms with E-state index < -0.39 is 0 Å². The van der Waals surface area contributed by atoms with Crippen molar-refractivity contribution in [2.75, 3.05) is 13.1 Å². The molecule has 0 aliphatic carbocycles. The molecule has 1 saturated heterocycles. The van der Waals surface area contributed by atoms with E-state index in [2.05, 4.69) is 55.9 Å². The molecule has 0 aromatic carbocycles. The molecule has 1 aliphatic rings. The Balaban J connectivity index is 2.18. The number of piperazine rings is 1. The molecule has 0 amide bonds. The summed E-state index contributed by atoms with van der Waals surface area (Å²) in [5, 5.41) is 3.75. The lowest BCUT2D eigenvalue weighted by Gasteiger charge is -2.47. The van der Waals surface area contributed by atoms with E-state index in [1.165, 1.54) is 17.5 Å². The van der Waals surface area contributed by atoms with Gasteiger partial charge in [0.1, 0.15) is 0 Å². The summed E-state index contributed by atoms with van der Waals surface area (Å²) in [4.78, 5) is 6.87. The number of hydrogen-bond donors (Lipinski definition) is 1. The Bertz CT molecular complexity index is 444. The van der Waals surface area contributed by atoms with Gasteiger partial charge in [-0.25, -0.2) is 0 Å². The van der Waals surface area contributed by atoms with Crippen LogP contribution in [0.25, 0.3) is 0 Å². The van der Waals surface area contributed by atoms with Crippen LogP contribution in [0.2, 0.25) is 0 Å². The van der Waals surface area contributed by atoms with Crippen LogP contribution in [0.15, 0.2) is 18.5 Å². The number of nitrogens with zero attached hydrogens (tertiary/aromatic N) is 2. The molecule has 2 unspecified atom stereocenters. The first kappa shape index (κ1) is 15.5. The molecule has 1 N–H and O–H groups in total. The van der Waals surface area contributed by atoms with E-state index >= 15 is 0 Å². The lowest BCUT2D eigenvalue weighted by molar-refractivity contribution is 0.0537. The zero-order valence-corrected chi connectivity index (χ0v) is 13.6. The van der Waals surface area contributed by atoms with Gasteiger partial charge in [0.25, 0.3) is 0 Å². The number of aryl methyl sites for hydroxylation is 1. The van der Waals surface area contributed by atoms with Crippen LogP contribution < -0.4 is 5.32 Å². The summed E-state index contributed by atoms with van der Waals surface area (Å²) in [6, 6.07) is 2.78. The monoisotopic (exact) mass is 275 g/mol. The Morgan fingerprint density at radius 3 is 2.85 bits per heavy atom. The highest BCUT2D eigenvalue weighted by Crippen LogP contribution is 2.25. The van der Waals surface area contributed by atoms with Gasteiger partial charge in [-0.15, -0.1) is 0 Å². The number of aromatic nitrogens is 1. The molecular formula is C17H29N3. The number of hydrogen-bond acceptors (Lipinski definition) is 3. The van der Waals surface area contributed by atoms with Crippen molar-refractivity contribution in [1.29, 1.82) is 0 Å². The van der Waals surface area contributed by atoms with Crippen LogP contribution in [0.5, 0.6) is 0 Å². The van der Waals surface area contributed by atoms with Gasteiger partial charge < -0.3 is 5.32 Å². The van der Waals surface area contributed by atoms with Gasteiger partial charge in [0.15, 0.2) is 0 Å². The van der Waals surface area contributed by atoms with Crippen LogP contribution in [-0.4, -0.2) is 34.6 Å². The van der Waals surface area contributed by atoms with Crippen molar-refractivity contribution >= 4 is 0 Å². The predicted molar refractivity (Wildman–Crippen MR) is 84.7 cm³/mol. The second kappa shape index (κ2) is 6.23. The molecule has 3 nitrogen and oxygen atoms in total. The van der Waals surface area contributed by atoms with Crippen LogP contribution in [0.3, 0.4) is 0 Å². The van der Waals surface area contributed by atoms with E-state index in [9.17, 15) is 0 Å². The van der Waals surface area contributed by atoms with E-state index in [1.807, 2.05) is 12.4 Å². The number of nitrogens with one attached hydrogen (secondary N) is 1. The van der Waals surface area contributed by atoms with E-state index in [4.69, 9.17) is 0 Å². The summed E-state index contributed by atoms with van der Waals surface area (Å²) >= 11 is 0. The molecule has 2 rings (SSSR count). The maximum atomic E-state index is 4.21. The lowest BCUT2D eigenvalue weighted by Crippen LogP contribution is -2.63. The third-order valence-corrected chi connectivity index (χ3v) is 4.82. The maximum absolute atomic E-state index is 4.21. The minimum absolute atomic E-state index is 0.242. The van der Waals surface area contributed by atoms with Gasteiger partial charge in [-0.2, -0.15) is 0 Å². The summed E-state index contributed by atoms with van der Waals surface area (Å²) in [6.07, 6.45) is 5.05. The average Bonchev–Trinajstić information content (AvgIpc) is 2.41. The van der Waals surface area contributed by atoms with Gasteiger partial charge in [0.2, 0.25) is 0 Å². The summed E-state index contributed by atoms with van der Waals surface area (Å²) in [6.45, 7) is 14.7. The second-order valence-corrected chi connectivity index (χ2v) is 6.81. The van der Waals surface area contributed by atoms with Crippen LogP contribution >= 0.6 is 0 Å². The standard InChI is InChI=1S/C17H29N3/c1-6-17(5)12-20(16(10-19-17)13(2)3)11-15-7-8-18-9-14(15)4/h7-9,13,16,19H,6,10-12H2,1-5H3. The van der Waals surface area contributed by atoms with Crippen LogP contribution in [0, 0.1) is 12.8 Å². The molecule has 1 aliphatic heterocycles. The molecule has 112 valence electrons. The largest absolute Gasteiger partial charge is 0.309 e.